The fourth-order valence-electron chi connectivity index (χ4n) is 2.52. The average molecular weight is 459 g/mol. The third-order valence-electron chi connectivity index (χ3n) is 5.08. The van der Waals surface area contributed by atoms with E-state index >= 15 is 0 Å². The molecule has 0 aromatic heterocycles. The molecule has 2 amide bonds. The predicted octanol–water partition coefficient (Wildman–Crippen LogP) is 4.26. The van der Waals surface area contributed by atoms with Crippen LogP contribution in [0.15, 0.2) is 11.3 Å². The summed E-state index contributed by atoms with van der Waals surface area (Å²) in [6.07, 6.45) is -0.759. The molecule has 31 heavy (non-hydrogen) atoms. The summed E-state index contributed by atoms with van der Waals surface area (Å²) < 4.78 is 16.6. The van der Waals surface area contributed by atoms with Crippen LogP contribution in [-0.2, 0) is 23.5 Å². The standard InChI is InChI=1S/C22H42N2O6Si/c1-14(2)15(23-19(27)29-20(3,4)5)17(25)24-16(18(26)28-11)22(9,10)30-31(12,13)21(6,7)8/h16H,1-13H3,(H,23,27)(H,24,25)/t16-/m1/s1. The maximum absolute atomic E-state index is 13.0. The van der Waals surface area contributed by atoms with E-state index < -0.39 is 43.5 Å². The summed E-state index contributed by atoms with van der Waals surface area (Å²) in [4.78, 5) is 37.8. The number of carbonyl (C=O) groups excluding carboxylic acids is 3. The number of ether oxygens (including phenoxy) is 2. The number of hydrogen-bond acceptors (Lipinski definition) is 6. The van der Waals surface area contributed by atoms with Gasteiger partial charge in [0.2, 0.25) is 0 Å². The lowest BCUT2D eigenvalue weighted by atomic mass is 9.98. The molecule has 0 bridgehead atoms. The second-order valence-electron chi connectivity index (χ2n) is 10.9. The molecule has 9 heteroatoms. The summed E-state index contributed by atoms with van der Waals surface area (Å²) >= 11 is 0. The van der Waals surface area contributed by atoms with Gasteiger partial charge in [0.25, 0.3) is 5.91 Å². The second kappa shape index (κ2) is 10.2. The highest BCUT2D eigenvalue weighted by Crippen LogP contribution is 2.39. The first-order valence-corrected chi connectivity index (χ1v) is 13.3. The number of carbonyl (C=O) groups is 3. The van der Waals surface area contributed by atoms with Gasteiger partial charge < -0.3 is 19.2 Å². The van der Waals surface area contributed by atoms with Crippen molar-refractivity contribution >= 4 is 26.3 Å². The summed E-state index contributed by atoms with van der Waals surface area (Å²) in [5, 5.41) is 5.07. The first-order valence-electron chi connectivity index (χ1n) is 10.4. The number of amides is 2. The molecule has 0 aromatic rings. The van der Waals surface area contributed by atoms with Crippen LogP contribution in [0.4, 0.5) is 4.79 Å². The molecule has 0 heterocycles. The van der Waals surface area contributed by atoms with Crippen molar-refractivity contribution in [3.8, 4) is 0 Å². The minimum absolute atomic E-state index is 0.00581. The van der Waals surface area contributed by atoms with Gasteiger partial charge in [0, 0.05) is 0 Å². The topological polar surface area (TPSA) is 103 Å². The van der Waals surface area contributed by atoms with E-state index in [0.29, 0.717) is 5.57 Å². The molecule has 0 spiro atoms. The zero-order valence-corrected chi connectivity index (χ0v) is 22.5. The Hall–Kier alpha value is -1.87. The average Bonchev–Trinajstić information content (AvgIpc) is 2.52. The lowest BCUT2D eigenvalue weighted by molar-refractivity contribution is -0.150. The molecule has 8 nitrogen and oxygen atoms in total. The lowest BCUT2D eigenvalue weighted by Crippen LogP contribution is -2.61. The summed E-state index contributed by atoms with van der Waals surface area (Å²) in [5.74, 6) is -1.27. The van der Waals surface area contributed by atoms with Crippen LogP contribution >= 0.6 is 0 Å². The van der Waals surface area contributed by atoms with Crippen molar-refractivity contribution in [2.75, 3.05) is 7.11 Å². The molecule has 0 rings (SSSR count). The van der Waals surface area contributed by atoms with E-state index in [2.05, 4.69) is 44.5 Å². The van der Waals surface area contributed by atoms with E-state index in [4.69, 9.17) is 13.9 Å². The van der Waals surface area contributed by atoms with Gasteiger partial charge >= 0.3 is 12.1 Å². The van der Waals surface area contributed by atoms with Gasteiger partial charge in [0.05, 0.1) is 12.7 Å². The van der Waals surface area contributed by atoms with E-state index in [9.17, 15) is 14.4 Å². The Kier molecular flexibility index (Phi) is 9.55. The zero-order chi connectivity index (χ0) is 25.0. The van der Waals surface area contributed by atoms with Gasteiger partial charge in [-0.1, -0.05) is 20.8 Å². The maximum Gasteiger partial charge on any atom is 0.412 e. The molecule has 2 N–H and O–H groups in total. The molecule has 0 radical (unpaired) electrons. The molecular formula is C22H42N2O6Si. The minimum atomic E-state index is -2.28. The van der Waals surface area contributed by atoms with Crippen LogP contribution in [0, 0.1) is 0 Å². The molecule has 1 atom stereocenters. The summed E-state index contributed by atoms with van der Waals surface area (Å²) in [6, 6.07) is -1.09. The third kappa shape index (κ3) is 9.02. The number of hydrogen-bond donors (Lipinski definition) is 2. The van der Waals surface area contributed by atoms with E-state index in [1.807, 2.05) is 0 Å². The number of esters is 1. The number of allylic oxidation sites excluding steroid dienone is 1. The largest absolute Gasteiger partial charge is 0.467 e. The Morgan fingerprint density at radius 2 is 1.39 bits per heavy atom. The Morgan fingerprint density at radius 1 is 0.903 bits per heavy atom. The molecule has 0 aliphatic heterocycles. The van der Waals surface area contributed by atoms with Crippen molar-refractivity contribution < 1.29 is 28.3 Å². The van der Waals surface area contributed by atoms with E-state index in [0.717, 1.165) is 0 Å². The molecule has 0 saturated heterocycles. The Labute approximate surface area is 188 Å². The highest BCUT2D eigenvalue weighted by molar-refractivity contribution is 6.74. The van der Waals surface area contributed by atoms with Crippen molar-refractivity contribution in [1.29, 1.82) is 0 Å². The van der Waals surface area contributed by atoms with Crippen LogP contribution in [0.3, 0.4) is 0 Å². The molecule has 0 aromatic carbocycles. The monoisotopic (exact) mass is 458 g/mol. The second-order valence-corrected chi connectivity index (χ2v) is 15.6. The molecule has 0 aliphatic rings. The molecule has 0 fully saturated rings. The van der Waals surface area contributed by atoms with Crippen molar-refractivity contribution in [3.63, 3.8) is 0 Å². The molecule has 0 saturated carbocycles. The normalized spacial score (nSPS) is 13.7. The predicted molar refractivity (Wildman–Crippen MR) is 124 cm³/mol. The first kappa shape index (κ1) is 29.1. The van der Waals surface area contributed by atoms with Gasteiger partial charge in [-0.05, 0) is 72.2 Å². The molecule has 180 valence electrons. The van der Waals surface area contributed by atoms with E-state index in [1.165, 1.54) is 7.11 Å². The zero-order valence-electron chi connectivity index (χ0n) is 21.5. The summed E-state index contributed by atoms with van der Waals surface area (Å²) in [7, 11) is -1.02. The van der Waals surface area contributed by atoms with E-state index in [1.54, 1.807) is 48.5 Å². The summed E-state index contributed by atoms with van der Waals surface area (Å²) in [6.45, 7) is 22.4. The van der Waals surface area contributed by atoms with E-state index in [-0.39, 0.29) is 10.7 Å². The first-order chi connectivity index (χ1) is 13.6. The Morgan fingerprint density at radius 3 is 1.74 bits per heavy atom. The fraction of sp³-hybridized carbons (Fsp3) is 0.773. The maximum atomic E-state index is 13.0. The van der Waals surface area contributed by atoms with Gasteiger partial charge in [-0.2, -0.15) is 0 Å². The molecular weight excluding hydrogens is 416 g/mol. The van der Waals surface area contributed by atoms with Gasteiger partial charge in [0.1, 0.15) is 11.3 Å². The number of rotatable bonds is 7. The van der Waals surface area contributed by atoms with Crippen molar-refractivity contribution in [2.45, 2.75) is 105 Å². The van der Waals surface area contributed by atoms with Crippen molar-refractivity contribution in [1.82, 2.24) is 10.6 Å². The van der Waals surface area contributed by atoms with Crippen LogP contribution in [0.25, 0.3) is 0 Å². The van der Waals surface area contributed by atoms with Crippen LogP contribution in [0.5, 0.6) is 0 Å². The van der Waals surface area contributed by atoms with Crippen molar-refractivity contribution in [3.05, 3.63) is 11.3 Å². The minimum Gasteiger partial charge on any atom is -0.467 e. The lowest BCUT2D eigenvalue weighted by Gasteiger charge is -2.45. The third-order valence-corrected chi connectivity index (χ3v) is 9.73. The van der Waals surface area contributed by atoms with Crippen LogP contribution in [0.1, 0.15) is 69.2 Å². The number of alkyl carbamates (subject to hydrolysis) is 1. The molecule has 0 aliphatic carbocycles. The quantitative estimate of drug-likeness (QED) is 0.336. The Balaban J connectivity index is 5.83. The Bertz CT molecular complexity index is 710. The summed E-state index contributed by atoms with van der Waals surface area (Å²) in [5.41, 5.74) is -1.22. The number of nitrogens with one attached hydrogen (secondary N) is 2. The SMILES string of the molecule is COC(=O)[C@@H](NC(=O)C(NC(=O)OC(C)(C)C)=C(C)C)C(C)(C)O[Si](C)(C)C(C)(C)C. The van der Waals surface area contributed by atoms with Gasteiger partial charge in [-0.3, -0.25) is 10.1 Å². The van der Waals surface area contributed by atoms with Crippen LogP contribution in [-0.4, -0.2) is 50.6 Å². The fourth-order valence-corrected chi connectivity index (χ4v) is 4.26. The highest BCUT2D eigenvalue weighted by atomic mass is 28.4. The highest BCUT2D eigenvalue weighted by Gasteiger charge is 2.47. The van der Waals surface area contributed by atoms with Crippen molar-refractivity contribution in [2.24, 2.45) is 0 Å². The van der Waals surface area contributed by atoms with Gasteiger partial charge in [-0.25, -0.2) is 9.59 Å². The van der Waals surface area contributed by atoms with Gasteiger partial charge in [0.15, 0.2) is 14.4 Å². The number of methoxy groups -OCH3 is 1. The van der Waals surface area contributed by atoms with Crippen LogP contribution in [0.2, 0.25) is 18.1 Å². The van der Waals surface area contributed by atoms with Gasteiger partial charge in [-0.15, -0.1) is 0 Å². The molecule has 0 unspecified atom stereocenters. The van der Waals surface area contributed by atoms with Crippen LogP contribution < -0.4 is 10.6 Å². The smallest absolute Gasteiger partial charge is 0.412 e.